The summed E-state index contributed by atoms with van der Waals surface area (Å²) in [6.45, 7) is -0.117. The van der Waals surface area contributed by atoms with E-state index in [1.165, 1.54) is 46.8 Å². The summed E-state index contributed by atoms with van der Waals surface area (Å²) >= 11 is 0. The Balaban J connectivity index is 1.77. The van der Waals surface area contributed by atoms with Crippen molar-refractivity contribution in [1.82, 2.24) is 18.7 Å². The number of nitrogens with one attached hydrogen (secondary N) is 1. The van der Waals surface area contributed by atoms with Crippen molar-refractivity contribution in [3.63, 3.8) is 0 Å². The molecule has 0 fully saturated rings. The van der Waals surface area contributed by atoms with Gasteiger partial charge in [-0.2, -0.15) is 0 Å². The second-order valence-electron chi connectivity index (χ2n) is 6.19. The van der Waals surface area contributed by atoms with Crippen LogP contribution in [0.2, 0.25) is 0 Å². The molecule has 0 bridgehead atoms. The molecule has 28 heavy (non-hydrogen) atoms. The molecule has 0 aliphatic heterocycles. The van der Waals surface area contributed by atoms with E-state index < -0.39 is 27.2 Å². The van der Waals surface area contributed by atoms with Crippen LogP contribution < -0.4 is 21.7 Å². The number of aromatic nitrogens is 4. The highest BCUT2D eigenvalue weighted by molar-refractivity contribution is 7.89. The topological polar surface area (TPSA) is 151 Å². The summed E-state index contributed by atoms with van der Waals surface area (Å²) in [5.74, 6) is -0.442. The van der Waals surface area contributed by atoms with Crippen LogP contribution in [0.3, 0.4) is 0 Å². The Morgan fingerprint density at radius 1 is 1.18 bits per heavy atom. The predicted molar refractivity (Wildman–Crippen MR) is 101 cm³/mol. The SMILES string of the molecule is Cn1cnc2c1c(=O)n(CCC(=O)Nc1ccc(S(N)(=O)=O)cc1)c(=O)n2C. The van der Waals surface area contributed by atoms with Crippen LogP contribution in [-0.2, 0) is 35.5 Å². The first-order valence-corrected chi connectivity index (χ1v) is 9.68. The Morgan fingerprint density at radius 2 is 1.82 bits per heavy atom. The molecule has 11 nitrogen and oxygen atoms in total. The molecule has 3 rings (SSSR count). The van der Waals surface area contributed by atoms with Crippen molar-refractivity contribution in [2.75, 3.05) is 5.32 Å². The monoisotopic (exact) mass is 406 g/mol. The molecule has 1 amide bonds. The third kappa shape index (κ3) is 3.59. The Bertz CT molecular complexity index is 1280. The molecule has 0 unspecified atom stereocenters. The van der Waals surface area contributed by atoms with Crippen molar-refractivity contribution < 1.29 is 13.2 Å². The predicted octanol–water partition coefficient (Wildman–Crippen LogP) is -0.890. The summed E-state index contributed by atoms with van der Waals surface area (Å²) in [6.07, 6.45) is 1.31. The van der Waals surface area contributed by atoms with Gasteiger partial charge in [0.15, 0.2) is 11.2 Å². The molecule has 0 aliphatic carbocycles. The van der Waals surface area contributed by atoms with Gasteiger partial charge >= 0.3 is 5.69 Å². The zero-order valence-electron chi connectivity index (χ0n) is 15.1. The molecule has 0 atom stereocenters. The highest BCUT2D eigenvalue weighted by atomic mass is 32.2. The number of carbonyl (C=O) groups excluding carboxylic acids is 1. The van der Waals surface area contributed by atoms with Crippen molar-refractivity contribution in [2.45, 2.75) is 17.9 Å². The maximum absolute atomic E-state index is 12.6. The zero-order valence-corrected chi connectivity index (χ0v) is 15.9. The number of hydrogen-bond acceptors (Lipinski definition) is 6. The second kappa shape index (κ2) is 7.05. The normalized spacial score (nSPS) is 11.7. The van der Waals surface area contributed by atoms with Gasteiger partial charge in [0.1, 0.15) is 0 Å². The first kappa shape index (κ1) is 19.5. The molecule has 12 heteroatoms. The molecular formula is C16H18N6O5S. The van der Waals surface area contributed by atoms with Crippen molar-refractivity contribution in [2.24, 2.45) is 19.2 Å². The van der Waals surface area contributed by atoms with Gasteiger partial charge in [-0.3, -0.25) is 18.7 Å². The number of benzene rings is 1. The molecule has 0 aliphatic rings. The minimum Gasteiger partial charge on any atom is -0.328 e. The number of primary sulfonamides is 1. The first-order chi connectivity index (χ1) is 13.1. The van der Waals surface area contributed by atoms with Crippen molar-refractivity contribution in [1.29, 1.82) is 0 Å². The summed E-state index contributed by atoms with van der Waals surface area (Å²) in [7, 11) is -0.676. The third-order valence-corrected chi connectivity index (χ3v) is 5.16. The van der Waals surface area contributed by atoms with E-state index in [4.69, 9.17) is 5.14 Å². The largest absolute Gasteiger partial charge is 0.332 e. The third-order valence-electron chi connectivity index (χ3n) is 4.23. The maximum atomic E-state index is 12.6. The molecule has 0 saturated heterocycles. The number of amides is 1. The number of anilines is 1. The van der Waals surface area contributed by atoms with E-state index >= 15 is 0 Å². The average Bonchev–Trinajstić information content (AvgIpc) is 3.01. The molecular weight excluding hydrogens is 388 g/mol. The molecule has 2 heterocycles. The number of fused-ring (bicyclic) bond motifs is 1. The molecule has 3 aromatic rings. The first-order valence-electron chi connectivity index (χ1n) is 8.13. The Labute approximate surface area is 159 Å². The Morgan fingerprint density at radius 3 is 2.43 bits per heavy atom. The van der Waals surface area contributed by atoms with Crippen LogP contribution in [0.15, 0.2) is 45.1 Å². The second-order valence-corrected chi connectivity index (χ2v) is 7.76. The lowest BCUT2D eigenvalue weighted by molar-refractivity contribution is -0.116. The highest BCUT2D eigenvalue weighted by Gasteiger charge is 2.16. The van der Waals surface area contributed by atoms with Gasteiger partial charge in [-0.15, -0.1) is 0 Å². The summed E-state index contributed by atoms with van der Waals surface area (Å²) < 4.78 is 26.2. The molecule has 3 N–H and O–H groups in total. The van der Waals surface area contributed by atoms with E-state index in [0.717, 1.165) is 4.57 Å². The van der Waals surface area contributed by atoms with E-state index in [-0.39, 0.29) is 29.0 Å². The van der Waals surface area contributed by atoms with Crippen LogP contribution in [0.4, 0.5) is 5.69 Å². The maximum Gasteiger partial charge on any atom is 0.332 e. The van der Waals surface area contributed by atoms with Gasteiger partial charge in [-0.05, 0) is 24.3 Å². The average molecular weight is 406 g/mol. The van der Waals surface area contributed by atoms with E-state index in [1.54, 1.807) is 7.05 Å². The number of nitrogens with two attached hydrogens (primary N) is 1. The van der Waals surface area contributed by atoms with E-state index in [0.29, 0.717) is 5.69 Å². The van der Waals surface area contributed by atoms with Gasteiger partial charge in [-0.25, -0.2) is 23.3 Å². The zero-order chi connectivity index (χ0) is 20.6. The Hall–Kier alpha value is -3.25. The molecule has 1 aromatic carbocycles. The number of rotatable bonds is 5. The minimum absolute atomic E-state index is 0.0787. The van der Waals surface area contributed by atoms with Gasteiger partial charge in [0.25, 0.3) is 5.56 Å². The fraction of sp³-hybridized carbons (Fsp3) is 0.250. The molecule has 0 spiro atoms. The number of aryl methyl sites for hydroxylation is 2. The lowest BCUT2D eigenvalue weighted by atomic mass is 10.3. The fourth-order valence-corrected chi connectivity index (χ4v) is 3.27. The van der Waals surface area contributed by atoms with Crippen molar-refractivity contribution in [3.8, 4) is 0 Å². The van der Waals surface area contributed by atoms with Crippen molar-refractivity contribution in [3.05, 3.63) is 51.4 Å². The lowest BCUT2D eigenvalue weighted by Gasteiger charge is -2.09. The van der Waals surface area contributed by atoms with Gasteiger partial charge in [0, 0.05) is 32.7 Å². The fourth-order valence-electron chi connectivity index (χ4n) is 2.76. The van der Waals surface area contributed by atoms with Crippen LogP contribution in [0.25, 0.3) is 11.2 Å². The van der Waals surface area contributed by atoms with Crippen LogP contribution >= 0.6 is 0 Å². The van der Waals surface area contributed by atoms with E-state index in [9.17, 15) is 22.8 Å². The van der Waals surface area contributed by atoms with Gasteiger partial charge in [0.2, 0.25) is 15.9 Å². The van der Waals surface area contributed by atoms with Gasteiger partial charge < -0.3 is 9.88 Å². The summed E-state index contributed by atoms with van der Waals surface area (Å²) in [4.78, 5) is 41.1. The van der Waals surface area contributed by atoms with Crippen LogP contribution in [0.5, 0.6) is 0 Å². The minimum atomic E-state index is -3.82. The summed E-state index contributed by atoms with van der Waals surface area (Å²) in [6, 6.07) is 5.32. The van der Waals surface area contributed by atoms with Crippen LogP contribution in [0, 0.1) is 0 Å². The number of carbonyl (C=O) groups is 1. The van der Waals surface area contributed by atoms with Gasteiger partial charge in [0.05, 0.1) is 11.2 Å². The number of sulfonamides is 1. The molecule has 148 valence electrons. The molecule has 0 radical (unpaired) electrons. The lowest BCUT2D eigenvalue weighted by Crippen LogP contribution is -2.40. The van der Waals surface area contributed by atoms with E-state index in [1.807, 2.05) is 0 Å². The number of nitrogens with zero attached hydrogens (tertiary/aromatic N) is 4. The molecule has 0 saturated carbocycles. The van der Waals surface area contributed by atoms with Gasteiger partial charge in [-0.1, -0.05) is 0 Å². The van der Waals surface area contributed by atoms with E-state index in [2.05, 4.69) is 10.3 Å². The van der Waals surface area contributed by atoms with Crippen LogP contribution in [0.1, 0.15) is 6.42 Å². The Kier molecular flexibility index (Phi) is 4.91. The summed E-state index contributed by atoms with van der Waals surface area (Å²) in [5, 5.41) is 7.59. The quantitative estimate of drug-likeness (QED) is 0.561. The highest BCUT2D eigenvalue weighted by Crippen LogP contribution is 2.13. The standard InChI is InChI=1S/C16H18N6O5S/c1-20-9-18-14-13(20)15(24)22(16(25)21(14)2)8-7-12(23)19-10-3-5-11(6-4-10)28(17,26)27/h3-6,9H,7-8H2,1-2H3,(H,19,23)(H2,17,26,27). The van der Waals surface area contributed by atoms with Crippen molar-refractivity contribution >= 4 is 32.8 Å². The van der Waals surface area contributed by atoms with Crippen LogP contribution in [-0.4, -0.2) is 33.0 Å². The number of hydrogen-bond donors (Lipinski definition) is 2. The number of imidazole rings is 1. The molecule has 2 aromatic heterocycles. The smallest absolute Gasteiger partial charge is 0.328 e. The summed E-state index contributed by atoms with van der Waals surface area (Å²) in [5.41, 5.74) is -0.195.